The Labute approximate surface area is 98.4 Å². The van der Waals surface area contributed by atoms with E-state index in [2.05, 4.69) is 0 Å². The Kier molecular flexibility index (Phi) is 2.34. The average Bonchev–Trinajstić information content (AvgIpc) is 3.06. The van der Waals surface area contributed by atoms with E-state index in [9.17, 15) is 14.7 Å². The molecule has 0 radical (unpaired) electrons. The van der Waals surface area contributed by atoms with Gasteiger partial charge in [0.15, 0.2) is 5.78 Å². The summed E-state index contributed by atoms with van der Waals surface area (Å²) >= 11 is 0. The van der Waals surface area contributed by atoms with Gasteiger partial charge < -0.3 is 14.6 Å². The summed E-state index contributed by atoms with van der Waals surface area (Å²) in [6.07, 6.45) is -0.258. The predicted octanol–water partition coefficient (Wildman–Crippen LogP) is 0.110. The maximum atomic E-state index is 11.9. The molecule has 92 valence electrons. The number of aliphatic hydroxyl groups is 1. The Bertz CT molecular complexity index is 425. The van der Waals surface area contributed by atoms with Gasteiger partial charge in [0.05, 0.1) is 5.57 Å². The van der Waals surface area contributed by atoms with Crippen molar-refractivity contribution in [1.82, 2.24) is 0 Å². The van der Waals surface area contributed by atoms with Crippen molar-refractivity contribution in [3.63, 3.8) is 0 Å². The average molecular weight is 238 g/mol. The number of aliphatic hydroxyl groups excluding tert-OH is 1. The van der Waals surface area contributed by atoms with Gasteiger partial charge in [0.1, 0.15) is 24.4 Å². The summed E-state index contributed by atoms with van der Waals surface area (Å²) in [4.78, 5) is 23.7. The van der Waals surface area contributed by atoms with Gasteiger partial charge in [0, 0.05) is 12.0 Å². The molecule has 17 heavy (non-hydrogen) atoms. The fourth-order valence-electron chi connectivity index (χ4n) is 2.64. The van der Waals surface area contributed by atoms with Gasteiger partial charge >= 0.3 is 5.97 Å². The smallest absolute Gasteiger partial charge is 0.337 e. The lowest BCUT2D eigenvalue weighted by Gasteiger charge is -2.29. The number of rotatable bonds is 2. The maximum Gasteiger partial charge on any atom is 0.337 e. The number of hydrogen-bond acceptors (Lipinski definition) is 5. The Morgan fingerprint density at radius 2 is 2.18 bits per heavy atom. The number of hydrogen-bond donors (Lipinski definition) is 1. The van der Waals surface area contributed by atoms with Crippen LogP contribution >= 0.6 is 0 Å². The van der Waals surface area contributed by atoms with Crippen LogP contribution in [0.3, 0.4) is 0 Å². The normalized spacial score (nSPS) is 39.6. The molecule has 0 aromatic rings. The molecule has 3 rings (SSSR count). The van der Waals surface area contributed by atoms with E-state index in [1.807, 2.05) is 6.92 Å². The highest BCUT2D eigenvalue weighted by Gasteiger charge is 2.58. The molecule has 1 aliphatic carbocycles. The number of ketones is 1. The number of epoxide rings is 1. The van der Waals surface area contributed by atoms with E-state index in [0.29, 0.717) is 12.0 Å². The monoisotopic (exact) mass is 238 g/mol. The molecular formula is C12H14O5. The number of cyclic esters (lactones) is 1. The van der Waals surface area contributed by atoms with E-state index in [-0.39, 0.29) is 17.5 Å². The van der Waals surface area contributed by atoms with Crippen LogP contribution in [-0.2, 0) is 19.1 Å². The number of Topliss-reactive ketones (excluding diaryl/α,β-unsaturated/α-hetero) is 1. The second-order valence-electron chi connectivity index (χ2n) is 4.74. The lowest BCUT2D eigenvalue weighted by atomic mass is 9.83. The molecule has 0 saturated carbocycles. The van der Waals surface area contributed by atoms with Crippen molar-refractivity contribution >= 4 is 11.8 Å². The topological polar surface area (TPSA) is 76.1 Å². The lowest BCUT2D eigenvalue weighted by Crippen LogP contribution is -2.41. The summed E-state index contributed by atoms with van der Waals surface area (Å²) in [7, 11) is 0. The summed E-state index contributed by atoms with van der Waals surface area (Å²) in [5, 5.41) is 9.88. The van der Waals surface area contributed by atoms with Gasteiger partial charge in [-0.2, -0.15) is 0 Å². The van der Waals surface area contributed by atoms with E-state index in [1.54, 1.807) is 0 Å². The van der Waals surface area contributed by atoms with Gasteiger partial charge in [-0.05, 0) is 6.42 Å². The SMILES string of the molecule is CCC[C@@H]1CC2=C(C(=O)O1)[C@H](O)[C@H]1O[C@H]1C2=O. The highest BCUT2D eigenvalue weighted by atomic mass is 16.6. The summed E-state index contributed by atoms with van der Waals surface area (Å²) in [5.74, 6) is -0.701. The summed E-state index contributed by atoms with van der Waals surface area (Å²) < 4.78 is 10.3. The molecule has 5 nitrogen and oxygen atoms in total. The van der Waals surface area contributed by atoms with Gasteiger partial charge in [-0.25, -0.2) is 4.79 Å². The first kappa shape index (κ1) is 10.9. The summed E-state index contributed by atoms with van der Waals surface area (Å²) in [6.45, 7) is 2.00. The van der Waals surface area contributed by atoms with E-state index in [4.69, 9.17) is 9.47 Å². The van der Waals surface area contributed by atoms with Crippen molar-refractivity contribution in [2.75, 3.05) is 0 Å². The van der Waals surface area contributed by atoms with Crippen molar-refractivity contribution in [2.45, 2.75) is 50.6 Å². The van der Waals surface area contributed by atoms with Gasteiger partial charge in [-0.15, -0.1) is 0 Å². The Morgan fingerprint density at radius 3 is 2.88 bits per heavy atom. The largest absolute Gasteiger partial charge is 0.459 e. The van der Waals surface area contributed by atoms with Crippen LogP contribution in [0.25, 0.3) is 0 Å². The molecule has 1 N–H and O–H groups in total. The highest BCUT2D eigenvalue weighted by molar-refractivity contribution is 6.10. The quantitative estimate of drug-likeness (QED) is 0.546. The van der Waals surface area contributed by atoms with Crippen molar-refractivity contribution in [2.24, 2.45) is 0 Å². The minimum absolute atomic E-state index is 0.126. The van der Waals surface area contributed by atoms with Gasteiger partial charge in [-0.1, -0.05) is 13.3 Å². The fraction of sp³-hybridized carbons (Fsp3) is 0.667. The van der Waals surface area contributed by atoms with E-state index >= 15 is 0 Å². The molecular weight excluding hydrogens is 224 g/mol. The lowest BCUT2D eigenvalue weighted by molar-refractivity contribution is -0.148. The van der Waals surface area contributed by atoms with Crippen LogP contribution < -0.4 is 0 Å². The van der Waals surface area contributed by atoms with Crippen molar-refractivity contribution < 1.29 is 24.2 Å². The maximum absolute atomic E-state index is 11.9. The van der Waals surface area contributed by atoms with Crippen LogP contribution in [-0.4, -0.2) is 41.3 Å². The Hall–Kier alpha value is -1.20. The van der Waals surface area contributed by atoms with E-state index in [0.717, 1.165) is 12.8 Å². The zero-order valence-electron chi connectivity index (χ0n) is 9.51. The predicted molar refractivity (Wildman–Crippen MR) is 56.1 cm³/mol. The first-order valence-electron chi connectivity index (χ1n) is 5.95. The van der Waals surface area contributed by atoms with Gasteiger partial charge in [0.2, 0.25) is 0 Å². The first-order chi connectivity index (χ1) is 8.13. The van der Waals surface area contributed by atoms with Crippen LogP contribution in [0.2, 0.25) is 0 Å². The van der Waals surface area contributed by atoms with Crippen molar-refractivity contribution in [1.29, 1.82) is 0 Å². The molecule has 1 fully saturated rings. The number of esters is 1. The fourth-order valence-corrected chi connectivity index (χ4v) is 2.64. The van der Waals surface area contributed by atoms with Crippen LogP contribution in [0.1, 0.15) is 26.2 Å². The second-order valence-corrected chi connectivity index (χ2v) is 4.74. The Morgan fingerprint density at radius 1 is 1.41 bits per heavy atom. The third kappa shape index (κ3) is 1.53. The molecule has 0 spiro atoms. The van der Waals surface area contributed by atoms with E-state index in [1.165, 1.54) is 0 Å². The minimum Gasteiger partial charge on any atom is -0.459 e. The third-order valence-corrected chi connectivity index (χ3v) is 3.55. The Balaban J connectivity index is 1.94. The van der Waals surface area contributed by atoms with Crippen LogP contribution in [0, 0.1) is 0 Å². The molecule has 1 saturated heterocycles. The van der Waals surface area contributed by atoms with Crippen molar-refractivity contribution in [3.05, 3.63) is 11.1 Å². The van der Waals surface area contributed by atoms with Gasteiger partial charge in [-0.3, -0.25) is 4.79 Å². The molecule has 0 aromatic carbocycles. The molecule has 2 aliphatic heterocycles. The molecule has 5 heteroatoms. The highest BCUT2D eigenvalue weighted by Crippen LogP contribution is 2.42. The molecule has 0 bridgehead atoms. The standard InChI is InChI=1S/C12H14O5/c1-2-3-5-4-6-7(12(15)16-5)9(14)11-10(17-11)8(6)13/h5,9-11,14H,2-4H2,1H3/t5-,9+,10+,11-/m1/s1. The first-order valence-corrected chi connectivity index (χ1v) is 5.95. The molecule has 3 aliphatic rings. The van der Waals surface area contributed by atoms with E-state index < -0.39 is 24.3 Å². The number of carbonyl (C=O) groups is 2. The zero-order chi connectivity index (χ0) is 12.2. The molecule has 0 unspecified atom stereocenters. The molecule has 2 heterocycles. The van der Waals surface area contributed by atoms with Crippen LogP contribution in [0.5, 0.6) is 0 Å². The van der Waals surface area contributed by atoms with Crippen LogP contribution in [0.15, 0.2) is 11.1 Å². The third-order valence-electron chi connectivity index (χ3n) is 3.55. The number of carbonyl (C=O) groups excluding carboxylic acids is 2. The van der Waals surface area contributed by atoms with Crippen molar-refractivity contribution in [3.8, 4) is 0 Å². The summed E-state index contributed by atoms with van der Waals surface area (Å²) in [6, 6.07) is 0. The second kappa shape index (κ2) is 3.65. The van der Waals surface area contributed by atoms with Gasteiger partial charge in [0.25, 0.3) is 0 Å². The summed E-state index contributed by atoms with van der Waals surface area (Å²) in [5.41, 5.74) is 0.548. The number of fused-ring (bicyclic) bond motifs is 1. The number of ether oxygens (including phenoxy) is 2. The molecule has 0 aromatic heterocycles. The molecule has 0 amide bonds. The zero-order valence-corrected chi connectivity index (χ0v) is 9.51. The minimum atomic E-state index is -0.997. The van der Waals surface area contributed by atoms with Crippen LogP contribution in [0.4, 0.5) is 0 Å². The molecule has 4 atom stereocenters.